The van der Waals surface area contributed by atoms with E-state index in [1.54, 1.807) is 7.11 Å². The molecule has 7 nitrogen and oxygen atoms in total. The van der Waals surface area contributed by atoms with Gasteiger partial charge in [0.1, 0.15) is 5.75 Å². The van der Waals surface area contributed by atoms with E-state index in [-0.39, 0.29) is 17.4 Å². The minimum Gasteiger partial charge on any atom is -0.497 e. The van der Waals surface area contributed by atoms with Gasteiger partial charge in [0.25, 0.3) is 0 Å². The highest BCUT2D eigenvalue weighted by atomic mass is 35.5. The molecule has 1 aliphatic carbocycles. The van der Waals surface area contributed by atoms with Crippen LogP contribution in [0.25, 0.3) is 16.9 Å². The minimum atomic E-state index is -0.355. The Hall–Kier alpha value is -2.87. The second-order valence-electron chi connectivity index (χ2n) is 7.15. The highest BCUT2D eigenvalue weighted by Crippen LogP contribution is 2.34. The van der Waals surface area contributed by atoms with E-state index in [0.717, 1.165) is 45.4 Å². The van der Waals surface area contributed by atoms with E-state index in [9.17, 15) is 10.0 Å². The first-order valence-electron chi connectivity index (χ1n) is 9.47. The maximum absolute atomic E-state index is 11.7. The number of halogens is 1. The molecular formula is C22H24ClN3O4. The lowest BCUT2D eigenvalue weighted by atomic mass is 9.89. The predicted octanol–water partition coefficient (Wildman–Crippen LogP) is 3.47. The van der Waals surface area contributed by atoms with Crippen molar-refractivity contribution in [1.29, 1.82) is 0 Å². The second kappa shape index (κ2) is 8.87. The van der Waals surface area contributed by atoms with E-state index in [4.69, 9.17) is 21.4 Å². The van der Waals surface area contributed by atoms with Crippen LogP contribution in [0.5, 0.6) is 5.75 Å². The van der Waals surface area contributed by atoms with Gasteiger partial charge in [0.15, 0.2) is 0 Å². The molecule has 1 amide bonds. The Morgan fingerprint density at radius 3 is 2.47 bits per heavy atom. The summed E-state index contributed by atoms with van der Waals surface area (Å²) in [6, 6.07) is 15.0. The molecule has 1 unspecified atom stereocenters. The van der Waals surface area contributed by atoms with Gasteiger partial charge in [0.2, 0.25) is 5.91 Å². The van der Waals surface area contributed by atoms with Gasteiger partial charge in [-0.15, -0.1) is 0 Å². The van der Waals surface area contributed by atoms with E-state index in [1.165, 1.54) is 6.92 Å². The zero-order chi connectivity index (χ0) is 20.5. The molecule has 0 fully saturated rings. The molecule has 2 aromatic carbocycles. The quantitative estimate of drug-likeness (QED) is 0.507. The van der Waals surface area contributed by atoms with E-state index < -0.39 is 0 Å². The van der Waals surface area contributed by atoms with Crippen molar-refractivity contribution in [2.24, 2.45) is 0 Å². The summed E-state index contributed by atoms with van der Waals surface area (Å²) in [7, 11) is 1.63. The molecule has 0 aliphatic heterocycles. The topological polar surface area (TPSA) is 99.1 Å². The fraction of sp³-hybridized carbons (Fsp3) is 0.273. The van der Waals surface area contributed by atoms with Crippen molar-refractivity contribution in [3.8, 4) is 22.7 Å². The lowest BCUT2D eigenvalue weighted by Gasteiger charge is -2.29. The summed E-state index contributed by atoms with van der Waals surface area (Å²) in [6.45, 7) is 1.37. The third kappa shape index (κ3) is 4.05. The van der Waals surface area contributed by atoms with Gasteiger partial charge in [0, 0.05) is 29.5 Å². The van der Waals surface area contributed by atoms with Gasteiger partial charge in [-0.25, -0.2) is 9.75 Å². The van der Waals surface area contributed by atoms with Crippen molar-refractivity contribution in [2.75, 3.05) is 7.11 Å². The lowest BCUT2D eigenvalue weighted by Crippen LogP contribution is -2.40. The van der Waals surface area contributed by atoms with Gasteiger partial charge in [-0.05, 0) is 49.2 Å². The van der Waals surface area contributed by atoms with Crippen LogP contribution in [0.1, 0.15) is 24.6 Å². The van der Waals surface area contributed by atoms with E-state index in [2.05, 4.69) is 0 Å². The zero-order valence-electron chi connectivity index (χ0n) is 16.8. The first-order chi connectivity index (χ1) is 14.0. The van der Waals surface area contributed by atoms with Gasteiger partial charge in [-0.3, -0.25) is 10.0 Å². The number of hydrogen-bond acceptors (Lipinski definition) is 4. The fourth-order valence-corrected chi connectivity index (χ4v) is 3.96. The summed E-state index contributed by atoms with van der Waals surface area (Å²) in [6.07, 6.45) is 1.93. The third-order valence-electron chi connectivity index (χ3n) is 5.35. The van der Waals surface area contributed by atoms with Gasteiger partial charge in [-0.1, -0.05) is 23.7 Å². The number of carbonyl (C=O) groups is 1. The molecule has 1 aliphatic rings. The van der Waals surface area contributed by atoms with Gasteiger partial charge in [-0.2, -0.15) is 5.10 Å². The number of benzene rings is 2. The molecule has 8 heteroatoms. The summed E-state index contributed by atoms with van der Waals surface area (Å²) in [5.41, 5.74) is 4.92. The van der Waals surface area contributed by atoms with Crippen LogP contribution in [0, 0.1) is 0 Å². The standard InChI is InChI=1S/C22H22ClN3O3.H2O/c1-14(27)26(28)18-9-12-20-21(13-18)25(17-7-10-19(29-2)11-8-17)24-22(20)15-3-5-16(23)6-4-15;/h3-8,10-11,18,28H,9,12-13H2,1-2H3;1H2. The monoisotopic (exact) mass is 429 g/mol. The number of hydrogen-bond donors (Lipinski definition) is 1. The molecule has 3 aromatic rings. The number of ether oxygens (including phenoxy) is 1. The van der Waals surface area contributed by atoms with Crippen LogP contribution >= 0.6 is 11.6 Å². The van der Waals surface area contributed by atoms with Crippen LogP contribution < -0.4 is 4.74 Å². The van der Waals surface area contributed by atoms with Crippen molar-refractivity contribution in [3.05, 3.63) is 64.8 Å². The predicted molar refractivity (Wildman–Crippen MR) is 114 cm³/mol. The SMILES string of the molecule is COc1ccc(-n2nc(-c3ccc(Cl)cc3)c3c2CC(N(O)C(C)=O)CC3)cc1.O. The zero-order valence-corrected chi connectivity index (χ0v) is 17.6. The van der Waals surface area contributed by atoms with E-state index in [0.29, 0.717) is 17.9 Å². The van der Waals surface area contributed by atoms with Crippen LogP contribution in [0.4, 0.5) is 0 Å². The molecule has 1 heterocycles. The molecule has 30 heavy (non-hydrogen) atoms. The molecule has 0 spiro atoms. The van der Waals surface area contributed by atoms with E-state index in [1.807, 2.05) is 53.2 Å². The molecule has 0 bridgehead atoms. The van der Waals surface area contributed by atoms with Crippen LogP contribution in [0.15, 0.2) is 48.5 Å². The van der Waals surface area contributed by atoms with Crippen molar-refractivity contribution in [1.82, 2.24) is 14.8 Å². The van der Waals surface area contributed by atoms with Crippen LogP contribution in [0.2, 0.25) is 5.02 Å². The first-order valence-corrected chi connectivity index (χ1v) is 9.85. The maximum Gasteiger partial charge on any atom is 0.243 e. The van der Waals surface area contributed by atoms with Gasteiger partial charge >= 0.3 is 0 Å². The van der Waals surface area contributed by atoms with Crippen molar-refractivity contribution in [3.63, 3.8) is 0 Å². The Labute approximate surface area is 179 Å². The summed E-state index contributed by atoms with van der Waals surface area (Å²) < 4.78 is 7.16. The number of methoxy groups -OCH3 is 1. The average molecular weight is 430 g/mol. The third-order valence-corrected chi connectivity index (χ3v) is 5.60. The maximum atomic E-state index is 11.7. The number of carbonyl (C=O) groups excluding carboxylic acids is 1. The Kier molecular flexibility index (Phi) is 6.45. The summed E-state index contributed by atoms with van der Waals surface area (Å²) in [4.78, 5) is 11.7. The number of hydroxylamine groups is 2. The highest BCUT2D eigenvalue weighted by Gasteiger charge is 2.31. The van der Waals surface area contributed by atoms with Crippen LogP contribution in [0.3, 0.4) is 0 Å². The van der Waals surface area contributed by atoms with Crippen LogP contribution in [-0.2, 0) is 17.6 Å². The van der Waals surface area contributed by atoms with Gasteiger partial charge < -0.3 is 10.2 Å². The number of aromatic nitrogens is 2. The lowest BCUT2D eigenvalue weighted by molar-refractivity contribution is -0.174. The summed E-state index contributed by atoms with van der Waals surface area (Å²) >= 11 is 6.05. The molecule has 158 valence electrons. The van der Waals surface area contributed by atoms with Crippen LogP contribution in [-0.4, -0.2) is 44.6 Å². The molecule has 0 radical (unpaired) electrons. The Bertz CT molecular complexity index is 1030. The second-order valence-corrected chi connectivity index (χ2v) is 7.59. The number of fused-ring (bicyclic) bond motifs is 1. The molecule has 4 rings (SSSR count). The van der Waals surface area contributed by atoms with Crippen molar-refractivity contribution < 1.29 is 20.2 Å². The Morgan fingerprint density at radius 1 is 1.20 bits per heavy atom. The molecule has 1 atom stereocenters. The molecule has 3 N–H and O–H groups in total. The average Bonchev–Trinajstić information content (AvgIpc) is 3.12. The molecular weight excluding hydrogens is 406 g/mol. The smallest absolute Gasteiger partial charge is 0.243 e. The summed E-state index contributed by atoms with van der Waals surface area (Å²) in [5.74, 6) is 0.413. The molecule has 0 saturated heterocycles. The normalized spacial score (nSPS) is 15.1. The minimum absolute atomic E-state index is 0. The largest absolute Gasteiger partial charge is 0.497 e. The Balaban J connectivity index is 0.00000256. The first kappa shape index (κ1) is 21.8. The van der Waals surface area contributed by atoms with Crippen molar-refractivity contribution in [2.45, 2.75) is 32.2 Å². The Morgan fingerprint density at radius 2 is 1.87 bits per heavy atom. The van der Waals surface area contributed by atoms with E-state index >= 15 is 0 Å². The van der Waals surface area contributed by atoms with Crippen molar-refractivity contribution >= 4 is 17.5 Å². The number of nitrogens with zero attached hydrogens (tertiary/aromatic N) is 3. The molecule has 0 saturated carbocycles. The number of amides is 1. The number of rotatable bonds is 4. The fourth-order valence-electron chi connectivity index (χ4n) is 3.84. The highest BCUT2D eigenvalue weighted by molar-refractivity contribution is 6.30. The molecule has 1 aromatic heterocycles. The summed E-state index contributed by atoms with van der Waals surface area (Å²) in [5, 5.41) is 16.6. The van der Waals surface area contributed by atoms with Gasteiger partial charge in [0.05, 0.1) is 30.2 Å².